The quantitative estimate of drug-likeness (QED) is 0.0608. The zero-order chi connectivity index (χ0) is 36.4. The Morgan fingerprint density at radius 1 is 0.788 bits per heavy atom. The SMILES string of the molecule is CCCCCCCCCCCCCCCC(=O)Nc1cccc(C2OC(CSc3nnnn3C)C(c3ccccc3)C(c3ccc(CO)cc3)O2)c1. The Morgan fingerprint density at radius 2 is 1.44 bits per heavy atom. The second-order valence-electron chi connectivity index (χ2n) is 14.0. The minimum Gasteiger partial charge on any atom is -0.392 e. The summed E-state index contributed by atoms with van der Waals surface area (Å²) in [7, 11) is 1.83. The Morgan fingerprint density at radius 3 is 2.08 bits per heavy atom. The summed E-state index contributed by atoms with van der Waals surface area (Å²) in [4.78, 5) is 13.0. The van der Waals surface area contributed by atoms with Crippen molar-refractivity contribution < 1.29 is 19.4 Å². The number of anilines is 1. The van der Waals surface area contributed by atoms with Gasteiger partial charge in [0.1, 0.15) is 0 Å². The van der Waals surface area contributed by atoms with E-state index in [2.05, 4.69) is 39.9 Å². The highest BCUT2D eigenvalue weighted by Gasteiger charge is 2.42. The van der Waals surface area contributed by atoms with Crippen molar-refractivity contribution in [2.75, 3.05) is 11.1 Å². The van der Waals surface area contributed by atoms with Gasteiger partial charge in [0.05, 0.1) is 18.8 Å². The summed E-state index contributed by atoms with van der Waals surface area (Å²) >= 11 is 1.55. The van der Waals surface area contributed by atoms with E-state index in [-0.39, 0.29) is 30.6 Å². The number of tetrazole rings is 1. The number of hydrogen-bond donors (Lipinski definition) is 2. The number of ether oxygens (including phenoxy) is 2. The molecule has 4 aromatic rings. The fourth-order valence-corrected chi connectivity index (χ4v) is 7.86. The standard InChI is InChI=1S/C42H57N5O4S/c1-3-4-5-6-7-8-9-10-11-12-13-14-18-24-38(49)43-36-23-19-22-35(29-36)41-50-37(31-52-42-44-45-46-47(42)2)39(33-20-16-15-17-21-33)40(51-41)34-27-25-32(30-48)26-28-34/h15-17,19-23,25-29,37,39-41,48H,3-14,18,24,30-31H2,1-2H3,(H,43,49). The van der Waals surface area contributed by atoms with E-state index in [1.165, 1.54) is 70.6 Å². The lowest BCUT2D eigenvalue weighted by molar-refractivity contribution is -0.255. The molecule has 1 amide bonds. The van der Waals surface area contributed by atoms with Crippen LogP contribution in [0.25, 0.3) is 0 Å². The monoisotopic (exact) mass is 727 g/mol. The maximum Gasteiger partial charge on any atom is 0.224 e. The maximum atomic E-state index is 13.0. The van der Waals surface area contributed by atoms with Crippen molar-refractivity contribution in [2.24, 2.45) is 7.05 Å². The molecule has 1 aromatic heterocycles. The van der Waals surface area contributed by atoms with E-state index in [0.717, 1.165) is 40.8 Å². The average molecular weight is 728 g/mol. The molecule has 2 heterocycles. The van der Waals surface area contributed by atoms with Crippen molar-refractivity contribution in [1.82, 2.24) is 20.2 Å². The van der Waals surface area contributed by atoms with Gasteiger partial charge in [0.25, 0.3) is 0 Å². The molecule has 4 unspecified atom stereocenters. The molecular formula is C42H57N5O4S. The molecule has 52 heavy (non-hydrogen) atoms. The number of aliphatic hydroxyl groups excluding tert-OH is 1. The second-order valence-corrected chi connectivity index (χ2v) is 14.9. The molecule has 0 aliphatic carbocycles. The predicted molar refractivity (Wildman–Crippen MR) is 208 cm³/mol. The molecule has 3 aromatic carbocycles. The van der Waals surface area contributed by atoms with Crippen LogP contribution in [-0.4, -0.2) is 43.1 Å². The number of carbonyl (C=O) groups is 1. The maximum absolute atomic E-state index is 13.0. The number of amides is 1. The molecule has 0 bridgehead atoms. The first-order valence-corrected chi connectivity index (χ1v) is 20.3. The Labute approximate surface area is 314 Å². The number of aliphatic hydroxyl groups is 1. The summed E-state index contributed by atoms with van der Waals surface area (Å²) in [5.41, 5.74) is 4.50. The smallest absolute Gasteiger partial charge is 0.224 e. The number of aryl methyl sites for hydroxylation is 1. The van der Waals surface area contributed by atoms with E-state index >= 15 is 0 Å². The molecule has 0 radical (unpaired) electrons. The molecule has 10 heteroatoms. The number of carbonyl (C=O) groups excluding carboxylic acids is 1. The van der Waals surface area contributed by atoms with Crippen molar-refractivity contribution in [3.63, 3.8) is 0 Å². The van der Waals surface area contributed by atoms with Crippen LogP contribution in [-0.2, 0) is 27.9 Å². The van der Waals surface area contributed by atoms with Gasteiger partial charge in [0.2, 0.25) is 11.1 Å². The predicted octanol–water partition coefficient (Wildman–Crippen LogP) is 9.85. The molecule has 280 valence electrons. The lowest BCUT2D eigenvalue weighted by Crippen LogP contribution is -2.38. The van der Waals surface area contributed by atoms with Crippen molar-refractivity contribution >= 4 is 23.4 Å². The zero-order valence-electron chi connectivity index (χ0n) is 31.0. The number of hydrogen-bond acceptors (Lipinski definition) is 8. The van der Waals surface area contributed by atoms with E-state index in [9.17, 15) is 9.90 Å². The summed E-state index contributed by atoms with van der Waals surface area (Å²) in [6.07, 6.45) is 15.9. The summed E-state index contributed by atoms with van der Waals surface area (Å²) in [5, 5.41) is 25.5. The van der Waals surface area contributed by atoms with Gasteiger partial charge in [-0.3, -0.25) is 4.79 Å². The first-order valence-electron chi connectivity index (χ1n) is 19.4. The zero-order valence-corrected chi connectivity index (χ0v) is 31.8. The van der Waals surface area contributed by atoms with E-state index in [1.54, 1.807) is 16.4 Å². The van der Waals surface area contributed by atoms with Crippen LogP contribution in [0.5, 0.6) is 0 Å². The van der Waals surface area contributed by atoms with Gasteiger partial charge in [-0.15, -0.1) is 5.10 Å². The Bertz CT molecular complexity index is 1600. The van der Waals surface area contributed by atoms with Crippen molar-refractivity contribution in [2.45, 2.75) is 133 Å². The van der Waals surface area contributed by atoms with Gasteiger partial charge in [-0.05, 0) is 45.7 Å². The van der Waals surface area contributed by atoms with Crippen LogP contribution in [0.2, 0.25) is 0 Å². The van der Waals surface area contributed by atoms with Crippen LogP contribution in [0.3, 0.4) is 0 Å². The lowest BCUT2D eigenvalue weighted by Gasteiger charge is -2.43. The normalized spacial score (nSPS) is 18.8. The molecule has 2 N–H and O–H groups in total. The van der Waals surface area contributed by atoms with E-state index in [4.69, 9.17) is 9.47 Å². The average Bonchev–Trinajstić information content (AvgIpc) is 3.60. The first-order chi connectivity index (χ1) is 25.6. The Balaban J connectivity index is 1.19. The molecule has 0 saturated carbocycles. The lowest BCUT2D eigenvalue weighted by atomic mass is 9.84. The summed E-state index contributed by atoms with van der Waals surface area (Å²) < 4.78 is 15.3. The highest BCUT2D eigenvalue weighted by molar-refractivity contribution is 7.99. The van der Waals surface area contributed by atoms with Crippen molar-refractivity contribution in [3.05, 3.63) is 101 Å². The molecule has 4 atom stereocenters. The van der Waals surface area contributed by atoms with Gasteiger partial charge >= 0.3 is 0 Å². The number of aromatic nitrogens is 4. The van der Waals surface area contributed by atoms with Gasteiger partial charge < -0.3 is 19.9 Å². The third kappa shape index (κ3) is 12.3. The molecule has 5 rings (SSSR count). The van der Waals surface area contributed by atoms with Crippen LogP contribution in [0.1, 0.15) is 137 Å². The van der Waals surface area contributed by atoms with Crippen LogP contribution in [0.4, 0.5) is 5.69 Å². The second kappa shape index (κ2) is 21.8. The number of nitrogens with one attached hydrogen (secondary N) is 1. The van der Waals surface area contributed by atoms with E-state index in [1.807, 2.05) is 73.8 Å². The molecule has 1 saturated heterocycles. The Hall–Kier alpha value is -3.57. The highest BCUT2D eigenvalue weighted by Crippen LogP contribution is 2.48. The van der Waals surface area contributed by atoms with Gasteiger partial charge in [0.15, 0.2) is 6.29 Å². The number of rotatable bonds is 22. The largest absolute Gasteiger partial charge is 0.392 e. The van der Waals surface area contributed by atoms with Crippen molar-refractivity contribution in [1.29, 1.82) is 0 Å². The fourth-order valence-electron chi connectivity index (χ4n) is 6.94. The van der Waals surface area contributed by atoms with Gasteiger partial charge in [-0.25, -0.2) is 4.68 Å². The number of unbranched alkanes of at least 4 members (excludes halogenated alkanes) is 12. The summed E-state index contributed by atoms with van der Waals surface area (Å²) in [6, 6.07) is 26.0. The topological polar surface area (TPSA) is 111 Å². The van der Waals surface area contributed by atoms with Gasteiger partial charge in [0, 0.05) is 36.4 Å². The Kier molecular flexibility index (Phi) is 16.6. The van der Waals surface area contributed by atoms with Crippen LogP contribution >= 0.6 is 11.8 Å². The molecular weight excluding hydrogens is 671 g/mol. The van der Waals surface area contributed by atoms with Crippen LogP contribution in [0.15, 0.2) is 84.0 Å². The first kappa shape index (κ1) is 39.6. The number of thioether (sulfide) groups is 1. The van der Waals surface area contributed by atoms with Gasteiger partial charge in [-0.1, -0.05) is 162 Å². The molecule has 1 aliphatic heterocycles. The van der Waals surface area contributed by atoms with Crippen LogP contribution < -0.4 is 5.32 Å². The number of nitrogens with zero attached hydrogens (tertiary/aromatic N) is 4. The number of benzene rings is 3. The summed E-state index contributed by atoms with van der Waals surface area (Å²) in [5.74, 6) is 0.492. The third-order valence-corrected chi connectivity index (χ3v) is 11.0. The van der Waals surface area contributed by atoms with E-state index < -0.39 is 6.29 Å². The summed E-state index contributed by atoms with van der Waals surface area (Å²) in [6.45, 7) is 2.24. The van der Waals surface area contributed by atoms with Crippen molar-refractivity contribution in [3.8, 4) is 0 Å². The molecule has 0 spiro atoms. The van der Waals surface area contributed by atoms with Crippen LogP contribution in [0, 0.1) is 0 Å². The molecule has 1 fully saturated rings. The minimum atomic E-state index is -0.677. The molecule has 1 aliphatic rings. The third-order valence-electron chi connectivity index (χ3n) is 9.88. The fraction of sp³-hybridized carbons (Fsp3) is 0.524. The van der Waals surface area contributed by atoms with E-state index in [0.29, 0.717) is 17.3 Å². The van der Waals surface area contributed by atoms with Gasteiger partial charge in [-0.2, -0.15) is 0 Å². The molecule has 9 nitrogen and oxygen atoms in total. The highest BCUT2D eigenvalue weighted by atomic mass is 32.2. The minimum absolute atomic E-state index is 0.0253.